The zero-order valence-corrected chi connectivity index (χ0v) is 25.0. The quantitative estimate of drug-likeness (QED) is 0.223. The standard InChI is InChI=1S/C31H39N5O7/c1-5-41-25-12-20(13-26(42-6-2)29(25)43-7-3)15-33-30(39)24(14-21-16-32-23-11-9-8-10-22(21)23)35-28(38)18-36-17-27(37)34-19(4)31(36)40/h8-13,16,19,24,32H,5-7,14-15,17-18H2,1-4H3,(H,33,39)(H,34,37)(H,35,38). The molecule has 2 atom stereocenters. The van der Waals surface area contributed by atoms with E-state index in [0.717, 1.165) is 22.0 Å². The van der Waals surface area contributed by atoms with E-state index in [2.05, 4.69) is 20.9 Å². The predicted octanol–water partition coefficient (Wildman–Crippen LogP) is 2.05. The Morgan fingerprint density at radius 2 is 1.70 bits per heavy atom. The van der Waals surface area contributed by atoms with Gasteiger partial charge in [0, 0.05) is 30.1 Å². The second kappa shape index (κ2) is 14.4. The van der Waals surface area contributed by atoms with Crippen molar-refractivity contribution in [2.75, 3.05) is 32.9 Å². The Morgan fingerprint density at radius 3 is 2.37 bits per heavy atom. The van der Waals surface area contributed by atoms with Crippen LogP contribution in [0.3, 0.4) is 0 Å². The zero-order valence-electron chi connectivity index (χ0n) is 25.0. The van der Waals surface area contributed by atoms with Crippen molar-refractivity contribution in [1.82, 2.24) is 25.8 Å². The molecule has 1 fully saturated rings. The van der Waals surface area contributed by atoms with E-state index in [-0.39, 0.29) is 37.9 Å². The van der Waals surface area contributed by atoms with Crippen molar-refractivity contribution in [3.05, 3.63) is 53.7 Å². The maximum atomic E-state index is 13.6. The minimum atomic E-state index is -0.960. The highest BCUT2D eigenvalue weighted by Gasteiger charge is 2.32. The summed E-state index contributed by atoms with van der Waals surface area (Å²) in [5, 5.41) is 9.18. The van der Waals surface area contributed by atoms with Crippen molar-refractivity contribution < 1.29 is 33.4 Å². The number of H-pyrrole nitrogens is 1. The average molecular weight is 594 g/mol. The third kappa shape index (κ3) is 7.76. The molecule has 1 aliphatic heterocycles. The zero-order chi connectivity index (χ0) is 30.9. The first kappa shape index (κ1) is 31.2. The maximum Gasteiger partial charge on any atom is 0.245 e. The Kier molecular flexibility index (Phi) is 10.5. The fourth-order valence-corrected chi connectivity index (χ4v) is 5.01. The lowest BCUT2D eigenvalue weighted by Crippen LogP contribution is -2.59. The molecule has 0 spiro atoms. The fourth-order valence-electron chi connectivity index (χ4n) is 5.01. The predicted molar refractivity (Wildman–Crippen MR) is 160 cm³/mol. The van der Waals surface area contributed by atoms with Crippen molar-refractivity contribution in [3.63, 3.8) is 0 Å². The van der Waals surface area contributed by atoms with Crippen molar-refractivity contribution in [1.29, 1.82) is 0 Å². The van der Waals surface area contributed by atoms with Crippen LogP contribution in [0.4, 0.5) is 0 Å². The van der Waals surface area contributed by atoms with E-state index in [4.69, 9.17) is 14.2 Å². The number of carbonyl (C=O) groups excluding carboxylic acids is 4. The second-order valence-electron chi connectivity index (χ2n) is 10.1. The van der Waals surface area contributed by atoms with Gasteiger partial charge in [0.2, 0.25) is 29.4 Å². The number of amides is 4. The number of nitrogens with one attached hydrogen (secondary N) is 4. The van der Waals surface area contributed by atoms with Crippen molar-refractivity contribution in [2.45, 2.75) is 52.7 Å². The molecule has 230 valence electrons. The first-order valence-electron chi connectivity index (χ1n) is 14.5. The van der Waals surface area contributed by atoms with Gasteiger partial charge in [0.05, 0.1) is 19.8 Å². The Morgan fingerprint density at radius 1 is 1.02 bits per heavy atom. The molecule has 2 heterocycles. The van der Waals surface area contributed by atoms with Crippen LogP contribution in [-0.4, -0.2) is 78.5 Å². The van der Waals surface area contributed by atoms with E-state index < -0.39 is 23.9 Å². The van der Waals surface area contributed by atoms with E-state index in [1.165, 1.54) is 4.90 Å². The summed E-state index contributed by atoms with van der Waals surface area (Å²) < 4.78 is 17.4. The molecule has 1 aliphatic rings. The molecule has 43 heavy (non-hydrogen) atoms. The summed E-state index contributed by atoms with van der Waals surface area (Å²) in [4.78, 5) is 55.6. The smallest absolute Gasteiger partial charge is 0.245 e. The second-order valence-corrected chi connectivity index (χ2v) is 10.1. The number of rotatable bonds is 14. The van der Waals surface area contributed by atoms with E-state index >= 15 is 0 Å². The molecule has 0 bridgehead atoms. The van der Waals surface area contributed by atoms with Gasteiger partial charge in [-0.2, -0.15) is 0 Å². The summed E-state index contributed by atoms with van der Waals surface area (Å²) >= 11 is 0. The summed E-state index contributed by atoms with van der Waals surface area (Å²) in [5.41, 5.74) is 2.47. The summed E-state index contributed by atoms with van der Waals surface area (Å²) in [7, 11) is 0. The molecule has 4 N–H and O–H groups in total. The summed E-state index contributed by atoms with van der Waals surface area (Å²) in [6, 6.07) is 9.57. The van der Waals surface area contributed by atoms with Gasteiger partial charge < -0.3 is 40.0 Å². The molecule has 1 saturated heterocycles. The highest BCUT2D eigenvalue weighted by Crippen LogP contribution is 2.39. The van der Waals surface area contributed by atoms with Gasteiger partial charge in [0.1, 0.15) is 25.2 Å². The van der Waals surface area contributed by atoms with Crippen LogP contribution in [0, 0.1) is 0 Å². The lowest BCUT2D eigenvalue weighted by molar-refractivity contribution is -0.146. The Balaban J connectivity index is 1.54. The number of benzene rings is 2. The van der Waals surface area contributed by atoms with E-state index in [1.54, 1.807) is 19.1 Å². The van der Waals surface area contributed by atoms with Crippen molar-refractivity contribution >= 4 is 34.5 Å². The first-order valence-corrected chi connectivity index (χ1v) is 14.5. The summed E-state index contributed by atoms with van der Waals surface area (Å²) in [6.07, 6.45) is 2.01. The average Bonchev–Trinajstić information content (AvgIpc) is 3.38. The lowest BCUT2D eigenvalue weighted by atomic mass is 10.0. The maximum absolute atomic E-state index is 13.6. The summed E-state index contributed by atoms with van der Waals surface area (Å²) in [6.45, 7) is 8.00. The summed E-state index contributed by atoms with van der Waals surface area (Å²) in [5.74, 6) is -0.159. The molecular formula is C31H39N5O7. The topological polar surface area (TPSA) is 151 Å². The minimum Gasteiger partial charge on any atom is -0.490 e. The molecule has 12 nitrogen and oxygen atoms in total. The van der Waals surface area contributed by atoms with Gasteiger partial charge in [0.15, 0.2) is 11.5 Å². The monoisotopic (exact) mass is 593 g/mol. The van der Waals surface area contributed by atoms with Crippen LogP contribution in [0.5, 0.6) is 17.2 Å². The van der Waals surface area contributed by atoms with E-state index in [0.29, 0.717) is 37.1 Å². The van der Waals surface area contributed by atoms with Crippen molar-refractivity contribution in [2.24, 2.45) is 0 Å². The fraction of sp³-hybridized carbons (Fsp3) is 0.419. The first-order chi connectivity index (χ1) is 20.7. The number of hydrogen-bond donors (Lipinski definition) is 4. The van der Waals surface area contributed by atoms with Crippen LogP contribution in [0.2, 0.25) is 0 Å². The van der Waals surface area contributed by atoms with E-state index in [1.807, 2.05) is 51.2 Å². The normalized spacial score (nSPS) is 15.5. The van der Waals surface area contributed by atoms with Gasteiger partial charge in [-0.25, -0.2) is 0 Å². The van der Waals surface area contributed by atoms with Gasteiger partial charge in [-0.1, -0.05) is 18.2 Å². The van der Waals surface area contributed by atoms with Crippen LogP contribution in [0.25, 0.3) is 10.9 Å². The molecule has 0 aliphatic carbocycles. The number of piperazine rings is 1. The largest absolute Gasteiger partial charge is 0.490 e. The number of hydrogen-bond acceptors (Lipinski definition) is 7. The van der Waals surface area contributed by atoms with Gasteiger partial charge in [0.25, 0.3) is 0 Å². The molecule has 2 unspecified atom stereocenters. The molecule has 1 aromatic heterocycles. The van der Waals surface area contributed by atoms with Gasteiger partial charge in [-0.3, -0.25) is 19.2 Å². The molecular weight excluding hydrogens is 554 g/mol. The molecule has 12 heteroatoms. The Labute approximate surface area is 250 Å². The van der Waals surface area contributed by atoms with Gasteiger partial charge in [-0.05, 0) is 57.0 Å². The van der Waals surface area contributed by atoms with Gasteiger partial charge >= 0.3 is 0 Å². The molecule has 0 saturated carbocycles. The number of ether oxygens (including phenoxy) is 3. The van der Waals surface area contributed by atoms with Crippen LogP contribution in [0.1, 0.15) is 38.8 Å². The van der Waals surface area contributed by atoms with Crippen LogP contribution in [-0.2, 0) is 32.1 Å². The number of aromatic nitrogens is 1. The number of carbonyl (C=O) groups is 4. The third-order valence-corrected chi connectivity index (χ3v) is 6.91. The van der Waals surface area contributed by atoms with Gasteiger partial charge in [-0.15, -0.1) is 0 Å². The van der Waals surface area contributed by atoms with E-state index in [9.17, 15) is 19.2 Å². The Bertz CT molecular complexity index is 1440. The highest BCUT2D eigenvalue weighted by molar-refractivity contribution is 5.97. The molecule has 4 rings (SSSR count). The molecule has 2 aromatic carbocycles. The Hall–Kier alpha value is -4.74. The number of para-hydroxylation sites is 1. The SMILES string of the molecule is CCOc1cc(CNC(=O)C(Cc2c[nH]c3ccccc23)NC(=O)CN2CC(=O)NC(C)C2=O)cc(OCC)c1OCC. The minimum absolute atomic E-state index is 0.133. The number of aromatic amines is 1. The lowest BCUT2D eigenvalue weighted by Gasteiger charge is -2.30. The van der Waals surface area contributed by atoms with Crippen LogP contribution >= 0.6 is 0 Å². The number of fused-ring (bicyclic) bond motifs is 1. The molecule has 4 amide bonds. The third-order valence-electron chi connectivity index (χ3n) is 6.91. The highest BCUT2D eigenvalue weighted by atomic mass is 16.5. The number of nitrogens with zero attached hydrogens (tertiary/aromatic N) is 1. The van der Waals surface area contributed by atoms with Crippen LogP contribution in [0.15, 0.2) is 42.6 Å². The molecule has 0 radical (unpaired) electrons. The molecule has 3 aromatic rings. The van der Waals surface area contributed by atoms with Crippen LogP contribution < -0.4 is 30.2 Å². The van der Waals surface area contributed by atoms with Crippen molar-refractivity contribution in [3.8, 4) is 17.2 Å².